The van der Waals surface area contributed by atoms with E-state index >= 15 is 0 Å². The molecule has 8 bridgehead atoms. The largest absolute Gasteiger partial charge is 0.489 e. The predicted molar refractivity (Wildman–Crippen MR) is 189 cm³/mol. The predicted octanol–water partition coefficient (Wildman–Crippen LogP) is 7.07. The van der Waals surface area contributed by atoms with Crippen molar-refractivity contribution in [1.29, 1.82) is 0 Å². The zero-order chi connectivity index (χ0) is 38.5. The second kappa shape index (κ2) is 13.4. The number of carbonyl (C=O) groups excluding carboxylic acids is 2. The standard InChI is InChI=1S/C32H18N8.C4H2F6O4Si/c1-2-10-18-17(9-1)25-33-26(18)38-28-21-13-5-6-14-22(21)30(35-28)40-32-24-16-8-7-15-23(24)31(36-32)39-29-20-12-4-3-11-19(20)27(34-29)37-25;5-3(6,7)1(11)13-15-14-2(12)4(8,9)10/h1-16H,(H2,33,34,35,36,37,38,39,40);15H2. The van der Waals surface area contributed by atoms with Gasteiger partial charge in [0.1, 0.15) is 22.6 Å². The van der Waals surface area contributed by atoms with Gasteiger partial charge in [0.05, 0.1) is 0 Å². The fourth-order valence-corrected chi connectivity index (χ4v) is 6.49. The van der Waals surface area contributed by atoms with Gasteiger partial charge in [-0.25, -0.2) is 39.5 Å². The van der Waals surface area contributed by atoms with Crippen LogP contribution in [0.1, 0.15) is 0 Å². The number of halogens is 6. The SMILES string of the molecule is O=C(O[SiH2]OC(=O)C(F)(F)F)C(F)(F)F.c1ccc2c(c1)-c1nc-2nc2[nH]c(nc3nc(nc4[nH]c(n1)c1ccccc41)-c1ccccc1-3)c1ccccc21. The van der Waals surface area contributed by atoms with E-state index in [1.807, 2.05) is 97.1 Å². The van der Waals surface area contributed by atoms with Crippen LogP contribution in [0.2, 0.25) is 0 Å². The van der Waals surface area contributed by atoms with E-state index in [1.54, 1.807) is 0 Å². The molecule has 3 aromatic heterocycles. The molecule has 2 aliphatic rings. The Morgan fingerprint density at radius 1 is 0.436 bits per heavy atom. The lowest BCUT2D eigenvalue weighted by Gasteiger charge is -2.09. The van der Waals surface area contributed by atoms with Gasteiger partial charge in [0.15, 0.2) is 23.3 Å². The number of fused-ring (bicyclic) bond motifs is 20. The Morgan fingerprint density at radius 2 is 0.691 bits per heavy atom. The lowest BCUT2D eigenvalue weighted by atomic mass is 10.1. The van der Waals surface area contributed by atoms with Gasteiger partial charge in [-0.1, -0.05) is 97.1 Å². The van der Waals surface area contributed by atoms with Crippen molar-refractivity contribution in [3.05, 3.63) is 97.1 Å². The maximum Gasteiger partial charge on any atom is 0.489 e. The molecular formula is C36H20F6N8O4Si. The molecule has 274 valence electrons. The molecule has 0 spiro atoms. The molecule has 0 amide bonds. The average molecular weight is 771 g/mol. The van der Waals surface area contributed by atoms with E-state index in [-0.39, 0.29) is 0 Å². The summed E-state index contributed by atoms with van der Waals surface area (Å²) in [5, 5.41) is 3.82. The molecule has 0 unspecified atom stereocenters. The van der Waals surface area contributed by atoms with E-state index in [0.717, 1.165) is 43.8 Å². The van der Waals surface area contributed by atoms with Crippen molar-refractivity contribution in [2.24, 2.45) is 0 Å². The summed E-state index contributed by atoms with van der Waals surface area (Å²) >= 11 is 0. The van der Waals surface area contributed by atoms with Crippen LogP contribution in [0.25, 0.3) is 89.7 Å². The van der Waals surface area contributed by atoms with Gasteiger partial charge >= 0.3 is 34.3 Å². The first-order valence-corrected chi connectivity index (χ1v) is 17.2. The number of H-pyrrole nitrogens is 2. The summed E-state index contributed by atoms with van der Waals surface area (Å²) in [4.78, 5) is 56.6. The average Bonchev–Trinajstić information content (AvgIpc) is 3.90. The highest BCUT2D eigenvalue weighted by Crippen LogP contribution is 2.36. The quantitative estimate of drug-likeness (QED) is 0.138. The fourth-order valence-electron chi connectivity index (χ4n) is 5.89. The molecule has 0 aliphatic carbocycles. The summed E-state index contributed by atoms with van der Waals surface area (Å²) in [5.74, 6) is -2.99. The molecule has 0 saturated heterocycles. The molecule has 0 atom stereocenters. The van der Waals surface area contributed by atoms with Crippen molar-refractivity contribution >= 4 is 66.1 Å². The number of nitrogens with zero attached hydrogens (tertiary/aromatic N) is 6. The molecule has 7 aromatic rings. The summed E-state index contributed by atoms with van der Waals surface area (Å²) in [6, 6.07) is 32.2. The van der Waals surface area contributed by atoms with Crippen LogP contribution in [0.4, 0.5) is 26.3 Å². The maximum absolute atomic E-state index is 11.4. The molecule has 0 saturated carbocycles. The highest BCUT2D eigenvalue weighted by molar-refractivity contribution is 6.26. The normalized spacial score (nSPS) is 12.0. The fraction of sp³-hybridized carbons (Fsp3) is 0.0556. The Balaban J connectivity index is 0.000000245. The Kier molecular flexibility index (Phi) is 8.56. The van der Waals surface area contributed by atoms with Crippen LogP contribution in [0.3, 0.4) is 0 Å². The molecule has 2 aliphatic heterocycles. The topological polar surface area (TPSA) is 162 Å². The van der Waals surface area contributed by atoms with Crippen molar-refractivity contribution < 1.29 is 44.8 Å². The first kappa shape index (κ1) is 35.0. The highest BCUT2D eigenvalue weighted by Gasteiger charge is 2.43. The van der Waals surface area contributed by atoms with E-state index in [1.165, 1.54) is 0 Å². The Hall–Kier alpha value is -7.02. The van der Waals surface area contributed by atoms with Crippen LogP contribution >= 0.6 is 0 Å². The molecule has 19 heteroatoms. The minimum absolute atomic E-state index is 0.597. The van der Waals surface area contributed by atoms with Crippen LogP contribution in [-0.4, -0.2) is 74.2 Å². The minimum atomic E-state index is -5.32. The van der Waals surface area contributed by atoms with Gasteiger partial charge in [-0.05, 0) is 0 Å². The Morgan fingerprint density at radius 3 is 0.945 bits per heavy atom. The zero-order valence-electron chi connectivity index (χ0n) is 27.5. The lowest BCUT2D eigenvalue weighted by molar-refractivity contribution is -0.196. The van der Waals surface area contributed by atoms with Gasteiger partial charge in [0, 0.05) is 43.8 Å². The summed E-state index contributed by atoms with van der Waals surface area (Å²) in [5.41, 5.74) is 6.45. The number of aromatic amines is 2. The number of nitrogens with one attached hydrogen (secondary N) is 2. The molecular weight excluding hydrogens is 751 g/mol. The number of rotatable bonds is 2. The Bertz CT molecular complexity index is 2510. The van der Waals surface area contributed by atoms with Gasteiger partial charge in [-0.2, -0.15) is 26.3 Å². The van der Waals surface area contributed by atoms with Crippen molar-refractivity contribution in [2.75, 3.05) is 0 Å². The molecule has 12 nitrogen and oxygen atoms in total. The number of benzene rings is 4. The number of hydrogen-bond acceptors (Lipinski definition) is 10. The van der Waals surface area contributed by atoms with Crippen LogP contribution in [0.5, 0.6) is 0 Å². The summed E-state index contributed by atoms with van der Waals surface area (Å²) in [6.45, 7) is 0. The monoisotopic (exact) mass is 770 g/mol. The van der Waals surface area contributed by atoms with Crippen LogP contribution < -0.4 is 0 Å². The Labute approximate surface area is 305 Å². The molecule has 0 radical (unpaired) electrons. The molecule has 0 fully saturated rings. The van der Waals surface area contributed by atoms with Crippen molar-refractivity contribution in [3.63, 3.8) is 0 Å². The lowest BCUT2D eigenvalue weighted by Crippen LogP contribution is -2.32. The summed E-state index contributed by atoms with van der Waals surface area (Å²) in [7, 11) is -2.98. The number of carbonyl (C=O) groups is 2. The van der Waals surface area contributed by atoms with Gasteiger partial charge in [-0.15, -0.1) is 0 Å². The van der Waals surface area contributed by atoms with Crippen LogP contribution in [0, 0.1) is 0 Å². The van der Waals surface area contributed by atoms with E-state index in [2.05, 4.69) is 18.8 Å². The van der Waals surface area contributed by atoms with E-state index in [4.69, 9.17) is 29.9 Å². The third-order valence-corrected chi connectivity index (χ3v) is 9.06. The van der Waals surface area contributed by atoms with Crippen LogP contribution in [0.15, 0.2) is 97.1 Å². The van der Waals surface area contributed by atoms with E-state index < -0.39 is 34.3 Å². The van der Waals surface area contributed by atoms with E-state index in [9.17, 15) is 35.9 Å². The van der Waals surface area contributed by atoms with Crippen molar-refractivity contribution in [2.45, 2.75) is 12.4 Å². The summed E-state index contributed by atoms with van der Waals surface area (Å²) in [6.07, 6.45) is -10.6. The highest BCUT2D eigenvalue weighted by atomic mass is 28.3. The molecule has 55 heavy (non-hydrogen) atoms. The molecule has 9 rings (SSSR count). The summed E-state index contributed by atoms with van der Waals surface area (Å²) < 4.78 is 75.0. The number of aromatic nitrogens is 8. The maximum atomic E-state index is 11.4. The molecule has 5 heterocycles. The minimum Gasteiger partial charge on any atom is -0.483 e. The van der Waals surface area contributed by atoms with Crippen molar-refractivity contribution in [3.8, 4) is 45.6 Å². The smallest absolute Gasteiger partial charge is 0.483 e. The third kappa shape index (κ3) is 6.71. The molecule has 4 aromatic carbocycles. The van der Waals surface area contributed by atoms with Gasteiger partial charge < -0.3 is 18.8 Å². The van der Waals surface area contributed by atoms with Gasteiger partial charge in [0.25, 0.3) is 0 Å². The van der Waals surface area contributed by atoms with Gasteiger partial charge in [0.2, 0.25) is 0 Å². The number of hydrogen-bond donors (Lipinski definition) is 2. The van der Waals surface area contributed by atoms with Crippen LogP contribution in [-0.2, 0) is 18.4 Å². The third-order valence-electron chi connectivity index (χ3n) is 8.30. The number of alkyl halides is 6. The second-order valence-corrected chi connectivity index (χ2v) is 12.6. The molecule has 2 N–H and O–H groups in total. The first-order valence-electron chi connectivity index (χ1n) is 16.0. The second-order valence-electron chi connectivity index (χ2n) is 11.8. The van der Waals surface area contributed by atoms with Crippen molar-refractivity contribution in [1.82, 2.24) is 39.9 Å². The van der Waals surface area contributed by atoms with E-state index in [0.29, 0.717) is 45.9 Å². The zero-order valence-corrected chi connectivity index (χ0v) is 28.9. The first-order chi connectivity index (χ1) is 26.3. The van der Waals surface area contributed by atoms with Gasteiger partial charge in [-0.3, -0.25) is 0 Å².